The zero-order chi connectivity index (χ0) is 11.3. The van der Waals surface area contributed by atoms with Gasteiger partial charge >= 0.3 is 0 Å². The maximum atomic E-state index is 11.6. The first-order valence-corrected chi connectivity index (χ1v) is 7.10. The number of piperidine rings is 1. The van der Waals surface area contributed by atoms with Gasteiger partial charge in [0.15, 0.2) is 0 Å². The van der Waals surface area contributed by atoms with Gasteiger partial charge in [-0.3, -0.25) is 4.79 Å². The van der Waals surface area contributed by atoms with Gasteiger partial charge in [0, 0.05) is 26.1 Å². The molecule has 1 N–H and O–H groups in total. The van der Waals surface area contributed by atoms with Crippen LogP contribution in [-0.2, 0) is 14.8 Å². The topological polar surface area (TPSA) is 66.5 Å². The lowest BCUT2D eigenvalue weighted by Crippen LogP contribution is -2.37. The number of hydrogen-bond donors (Lipinski definition) is 1. The quantitative estimate of drug-likeness (QED) is 0.741. The van der Waals surface area contributed by atoms with E-state index < -0.39 is 10.0 Å². The molecule has 1 amide bonds. The number of rotatable bonds is 4. The van der Waals surface area contributed by atoms with Crippen molar-refractivity contribution in [2.24, 2.45) is 0 Å². The number of likely N-dealkylation sites (tertiary alicyclic amines) is 1. The van der Waals surface area contributed by atoms with Crippen LogP contribution in [0, 0.1) is 0 Å². The Morgan fingerprint density at radius 1 is 1.27 bits per heavy atom. The summed E-state index contributed by atoms with van der Waals surface area (Å²) >= 11 is 0. The number of nitrogens with zero attached hydrogens (tertiary/aromatic N) is 1. The van der Waals surface area contributed by atoms with Gasteiger partial charge in [-0.1, -0.05) is 0 Å². The first kappa shape index (κ1) is 12.4. The monoisotopic (exact) mass is 234 g/mol. The largest absolute Gasteiger partial charge is 0.343 e. The smallest absolute Gasteiger partial charge is 0.223 e. The Kier molecular flexibility index (Phi) is 4.53. The van der Waals surface area contributed by atoms with Crippen LogP contribution in [0.3, 0.4) is 0 Å². The predicted molar refractivity (Wildman–Crippen MR) is 57.9 cm³/mol. The lowest BCUT2D eigenvalue weighted by Gasteiger charge is -2.26. The van der Waals surface area contributed by atoms with Gasteiger partial charge in [0.05, 0.1) is 6.26 Å². The second-order valence-corrected chi connectivity index (χ2v) is 5.69. The predicted octanol–water partition coefficient (Wildman–Crippen LogP) is -0.0618. The van der Waals surface area contributed by atoms with E-state index in [1.807, 2.05) is 4.90 Å². The van der Waals surface area contributed by atoms with Crippen molar-refractivity contribution >= 4 is 15.9 Å². The van der Waals surface area contributed by atoms with E-state index in [4.69, 9.17) is 0 Å². The van der Waals surface area contributed by atoms with Crippen molar-refractivity contribution in [3.8, 4) is 0 Å². The van der Waals surface area contributed by atoms with Crippen LogP contribution in [0.15, 0.2) is 0 Å². The lowest BCUT2D eigenvalue weighted by atomic mass is 10.1. The summed E-state index contributed by atoms with van der Waals surface area (Å²) in [6.45, 7) is 1.84. The van der Waals surface area contributed by atoms with E-state index in [0.717, 1.165) is 32.2 Å². The van der Waals surface area contributed by atoms with E-state index in [9.17, 15) is 13.2 Å². The van der Waals surface area contributed by atoms with Crippen molar-refractivity contribution in [2.75, 3.05) is 25.9 Å². The number of hydrogen-bond acceptors (Lipinski definition) is 3. The van der Waals surface area contributed by atoms with Gasteiger partial charge < -0.3 is 4.90 Å². The molecule has 1 saturated heterocycles. The summed E-state index contributed by atoms with van der Waals surface area (Å²) in [4.78, 5) is 13.4. The molecule has 1 aliphatic heterocycles. The van der Waals surface area contributed by atoms with Crippen molar-refractivity contribution in [1.29, 1.82) is 0 Å². The van der Waals surface area contributed by atoms with Crippen LogP contribution >= 0.6 is 0 Å². The van der Waals surface area contributed by atoms with Crippen LogP contribution in [-0.4, -0.2) is 45.1 Å². The summed E-state index contributed by atoms with van der Waals surface area (Å²) in [6, 6.07) is 0. The third-order valence-corrected chi connectivity index (χ3v) is 3.14. The fraction of sp³-hybridized carbons (Fsp3) is 0.889. The molecule has 5 nitrogen and oxygen atoms in total. The molecule has 15 heavy (non-hydrogen) atoms. The molecule has 1 fully saturated rings. The minimum Gasteiger partial charge on any atom is -0.343 e. The Bertz CT molecular complexity index is 307. The zero-order valence-electron chi connectivity index (χ0n) is 9.03. The molecule has 6 heteroatoms. The molecular formula is C9H18N2O3S. The van der Waals surface area contributed by atoms with Gasteiger partial charge in [-0.2, -0.15) is 0 Å². The molecule has 0 aromatic rings. The van der Waals surface area contributed by atoms with E-state index in [0.29, 0.717) is 0 Å². The van der Waals surface area contributed by atoms with Crippen LogP contribution in [0.25, 0.3) is 0 Å². The second kappa shape index (κ2) is 5.46. The molecule has 0 aromatic carbocycles. The SMILES string of the molecule is CS(=O)(=O)NCCC(=O)N1CCCCC1. The van der Waals surface area contributed by atoms with Crippen molar-refractivity contribution in [2.45, 2.75) is 25.7 Å². The van der Waals surface area contributed by atoms with Crippen molar-refractivity contribution in [3.63, 3.8) is 0 Å². The lowest BCUT2D eigenvalue weighted by molar-refractivity contribution is -0.131. The average molecular weight is 234 g/mol. The summed E-state index contributed by atoms with van der Waals surface area (Å²) in [6.07, 6.45) is 4.66. The summed E-state index contributed by atoms with van der Waals surface area (Å²) in [5, 5.41) is 0. The molecule has 1 heterocycles. The van der Waals surface area contributed by atoms with Gasteiger partial charge in [-0.05, 0) is 19.3 Å². The maximum absolute atomic E-state index is 11.6. The Balaban J connectivity index is 2.23. The van der Waals surface area contributed by atoms with Crippen molar-refractivity contribution < 1.29 is 13.2 Å². The van der Waals surface area contributed by atoms with Crippen molar-refractivity contribution in [3.05, 3.63) is 0 Å². The number of nitrogens with one attached hydrogen (secondary N) is 1. The molecule has 0 atom stereocenters. The number of carbonyl (C=O) groups excluding carboxylic acids is 1. The third-order valence-electron chi connectivity index (χ3n) is 2.41. The first-order chi connectivity index (χ1) is 6.99. The average Bonchev–Trinajstić information content (AvgIpc) is 2.17. The Labute approximate surface area is 90.9 Å². The Morgan fingerprint density at radius 3 is 2.40 bits per heavy atom. The third kappa shape index (κ3) is 5.13. The summed E-state index contributed by atoms with van der Waals surface area (Å²) < 4.78 is 23.8. The highest BCUT2D eigenvalue weighted by atomic mass is 32.2. The van der Waals surface area contributed by atoms with E-state index >= 15 is 0 Å². The van der Waals surface area contributed by atoms with Crippen LogP contribution in [0.2, 0.25) is 0 Å². The van der Waals surface area contributed by atoms with Crippen LogP contribution in [0.4, 0.5) is 0 Å². The summed E-state index contributed by atoms with van der Waals surface area (Å²) in [5.41, 5.74) is 0. The molecule has 0 bridgehead atoms. The summed E-state index contributed by atoms with van der Waals surface area (Å²) in [5.74, 6) is 0.0471. The minimum absolute atomic E-state index is 0.0471. The fourth-order valence-electron chi connectivity index (χ4n) is 1.64. The highest BCUT2D eigenvalue weighted by Crippen LogP contribution is 2.09. The molecule has 1 rings (SSSR count). The molecule has 1 aliphatic rings. The molecule has 0 aliphatic carbocycles. The van der Waals surface area contributed by atoms with Gasteiger partial charge in [0.2, 0.25) is 15.9 Å². The number of amides is 1. The van der Waals surface area contributed by atoms with E-state index in [-0.39, 0.29) is 18.9 Å². The van der Waals surface area contributed by atoms with Crippen LogP contribution in [0.5, 0.6) is 0 Å². The standard InChI is InChI=1S/C9H18N2O3S/c1-15(13,14)10-6-5-9(12)11-7-3-2-4-8-11/h10H,2-8H2,1H3. The highest BCUT2D eigenvalue weighted by Gasteiger charge is 2.16. The number of carbonyl (C=O) groups is 1. The van der Waals surface area contributed by atoms with Crippen molar-refractivity contribution in [1.82, 2.24) is 9.62 Å². The molecule has 0 saturated carbocycles. The molecule has 0 aromatic heterocycles. The van der Waals surface area contributed by atoms with Crippen LogP contribution in [0.1, 0.15) is 25.7 Å². The highest BCUT2D eigenvalue weighted by molar-refractivity contribution is 7.88. The van der Waals surface area contributed by atoms with Crippen LogP contribution < -0.4 is 4.72 Å². The first-order valence-electron chi connectivity index (χ1n) is 5.21. The molecular weight excluding hydrogens is 216 g/mol. The summed E-state index contributed by atoms with van der Waals surface area (Å²) in [7, 11) is -3.17. The van der Waals surface area contributed by atoms with Gasteiger partial charge in [-0.25, -0.2) is 13.1 Å². The second-order valence-electron chi connectivity index (χ2n) is 3.86. The fourth-order valence-corrected chi connectivity index (χ4v) is 2.12. The van der Waals surface area contributed by atoms with E-state index in [1.54, 1.807) is 0 Å². The van der Waals surface area contributed by atoms with E-state index in [1.165, 1.54) is 6.42 Å². The molecule has 0 radical (unpaired) electrons. The normalized spacial score (nSPS) is 17.8. The Morgan fingerprint density at radius 2 is 1.87 bits per heavy atom. The maximum Gasteiger partial charge on any atom is 0.223 e. The molecule has 0 spiro atoms. The molecule has 0 unspecified atom stereocenters. The van der Waals surface area contributed by atoms with Gasteiger partial charge in [0.25, 0.3) is 0 Å². The molecule has 88 valence electrons. The minimum atomic E-state index is -3.17. The zero-order valence-corrected chi connectivity index (χ0v) is 9.85. The van der Waals surface area contributed by atoms with Gasteiger partial charge in [-0.15, -0.1) is 0 Å². The number of sulfonamides is 1. The van der Waals surface area contributed by atoms with Gasteiger partial charge in [0.1, 0.15) is 0 Å². The van der Waals surface area contributed by atoms with E-state index in [2.05, 4.69) is 4.72 Å². The Hall–Kier alpha value is -0.620.